The zero-order valence-electron chi connectivity index (χ0n) is 15.4. The van der Waals surface area contributed by atoms with Gasteiger partial charge in [0.1, 0.15) is 0 Å². The molecule has 134 valence electrons. The quantitative estimate of drug-likeness (QED) is 0.910. The Hall–Kier alpha value is -2.14. The Morgan fingerprint density at radius 3 is 2.68 bits per heavy atom. The minimum Gasteiger partial charge on any atom is -0.355 e. The van der Waals surface area contributed by atoms with Gasteiger partial charge in [-0.3, -0.25) is 9.69 Å². The summed E-state index contributed by atoms with van der Waals surface area (Å²) in [5.41, 5.74) is 2.09. The van der Waals surface area contributed by atoms with E-state index in [0.29, 0.717) is 5.92 Å². The van der Waals surface area contributed by atoms with Crippen LogP contribution in [0.4, 0.5) is 0 Å². The van der Waals surface area contributed by atoms with Crippen LogP contribution in [-0.2, 0) is 11.3 Å². The Balaban J connectivity index is 1.47. The lowest BCUT2D eigenvalue weighted by molar-refractivity contribution is -0.128. The van der Waals surface area contributed by atoms with E-state index in [1.165, 1.54) is 5.56 Å². The molecule has 0 aliphatic carbocycles. The molecule has 5 nitrogen and oxygen atoms in total. The molecule has 1 aromatic heterocycles. The third-order valence-electron chi connectivity index (χ3n) is 4.71. The smallest absolute Gasteiger partial charge is 0.225 e. The van der Waals surface area contributed by atoms with E-state index in [9.17, 15) is 4.79 Å². The molecular formula is C20H28N4O. The van der Waals surface area contributed by atoms with Crippen molar-refractivity contribution >= 4 is 5.91 Å². The summed E-state index contributed by atoms with van der Waals surface area (Å²) < 4.78 is 1.87. The second-order valence-corrected chi connectivity index (χ2v) is 7.97. The number of aromatic nitrogens is 2. The average Bonchev–Trinajstić information content (AvgIpc) is 3.24. The van der Waals surface area contributed by atoms with Gasteiger partial charge in [0.15, 0.2) is 0 Å². The molecule has 1 aliphatic heterocycles. The van der Waals surface area contributed by atoms with Gasteiger partial charge in [0, 0.05) is 37.4 Å². The number of hydrogen-bond acceptors (Lipinski definition) is 3. The SMILES string of the molecule is CC(C)(C)C(=O)NC[C@H]1CCN(Cc2ccc(-n3cccn3)cc2)C1. The van der Waals surface area contributed by atoms with E-state index in [1.807, 2.05) is 37.7 Å². The first-order valence-corrected chi connectivity index (χ1v) is 9.01. The number of likely N-dealkylation sites (tertiary alicyclic amines) is 1. The highest BCUT2D eigenvalue weighted by Gasteiger charge is 2.25. The normalized spacial score (nSPS) is 18.4. The number of carbonyl (C=O) groups excluding carboxylic acids is 1. The maximum atomic E-state index is 12.0. The number of nitrogens with one attached hydrogen (secondary N) is 1. The van der Waals surface area contributed by atoms with Gasteiger partial charge in [-0.25, -0.2) is 4.68 Å². The van der Waals surface area contributed by atoms with E-state index >= 15 is 0 Å². The molecule has 3 rings (SSSR count). The molecule has 1 saturated heterocycles. The van der Waals surface area contributed by atoms with Crippen LogP contribution in [0.25, 0.3) is 5.69 Å². The van der Waals surface area contributed by atoms with Crippen molar-refractivity contribution in [3.05, 3.63) is 48.3 Å². The average molecular weight is 340 g/mol. The standard InChI is InChI=1S/C20H28N4O/c1-20(2,3)19(25)21-13-17-9-12-23(15-17)14-16-5-7-18(8-6-16)24-11-4-10-22-24/h4-8,10-11,17H,9,12-15H2,1-3H3,(H,21,25)/t17-/m1/s1. The number of benzene rings is 1. The van der Waals surface area contributed by atoms with Gasteiger partial charge >= 0.3 is 0 Å². The lowest BCUT2D eigenvalue weighted by Crippen LogP contribution is -2.38. The van der Waals surface area contributed by atoms with Gasteiger partial charge in [0.2, 0.25) is 5.91 Å². The second kappa shape index (κ2) is 7.40. The van der Waals surface area contributed by atoms with E-state index in [0.717, 1.165) is 38.3 Å². The summed E-state index contributed by atoms with van der Waals surface area (Å²) in [6.07, 6.45) is 4.89. The van der Waals surface area contributed by atoms with Crippen molar-refractivity contribution in [1.29, 1.82) is 0 Å². The van der Waals surface area contributed by atoms with Crippen LogP contribution in [0.3, 0.4) is 0 Å². The molecule has 5 heteroatoms. The highest BCUT2D eigenvalue weighted by atomic mass is 16.2. The predicted octanol–water partition coefficient (Wildman–Crippen LogP) is 2.86. The minimum atomic E-state index is -0.311. The molecule has 2 heterocycles. The number of nitrogens with zero attached hydrogens (tertiary/aromatic N) is 3. The van der Waals surface area contributed by atoms with E-state index in [4.69, 9.17) is 0 Å². The minimum absolute atomic E-state index is 0.139. The molecule has 0 bridgehead atoms. The van der Waals surface area contributed by atoms with Crippen LogP contribution in [0, 0.1) is 11.3 Å². The molecule has 1 amide bonds. The van der Waals surface area contributed by atoms with Crippen molar-refractivity contribution in [1.82, 2.24) is 20.0 Å². The zero-order valence-corrected chi connectivity index (χ0v) is 15.4. The molecule has 0 saturated carbocycles. The van der Waals surface area contributed by atoms with E-state index < -0.39 is 0 Å². The summed E-state index contributed by atoms with van der Waals surface area (Å²) in [5.74, 6) is 0.690. The van der Waals surface area contributed by atoms with Gasteiger partial charge in [0.25, 0.3) is 0 Å². The van der Waals surface area contributed by atoms with Crippen molar-refractivity contribution in [3.8, 4) is 5.69 Å². The molecule has 1 aliphatic rings. The van der Waals surface area contributed by atoms with Gasteiger partial charge in [0.05, 0.1) is 5.69 Å². The Bertz CT molecular complexity index is 685. The molecule has 1 atom stereocenters. The largest absolute Gasteiger partial charge is 0.355 e. The molecule has 2 aromatic rings. The molecule has 0 unspecified atom stereocenters. The fourth-order valence-corrected chi connectivity index (χ4v) is 3.16. The molecular weight excluding hydrogens is 312 g/mol. The molecule has 1 N–H and O–H groups in total. The summed E-state index contributed by atoms with van der Waals surface area (Å²) >= 11 is 0. The van der Waals surface area contributed by atoms with Crippen molar-refractivity contribution in [2.75, 3.05) is 19.6 Å². The second-order valence-electron chi connectivity index (χ2n) is 7.97. The van der Waals surface area contributed by atoms with Gasteiger partial charge in [-0.15, -0.1) is 0 Å². The van der Waals surface area contributed by atoms with Crippen LogP contribution in [-0.4, -0.2) is 40.2 Å². The van der Waals surface area contributed by atoms with Crippen molar-refractivity contribution in [3.63, 3.8) is 0 Å². The molecule has 1 aromatic carbocycles. The molecule has 0 spiro atoms. The Labute approximate surface area is 150 Å². The zero-order chi connectivity index (χ0) is 17.9. The number of amides is 1. The monoisotopic (exact) mass is 340 g/mol. The maximum Gasteiger partial charge on any atom is 0.225 e. The maximum absolute atomic E-state index is 12.0. The lowest BCUT2D eigenvalue weighted by atomic mass is 9.95. The van der Waals surface area contributed by atoms with Gasteiger partial charge < -0.3 is 5.32 Å². The van der Waals surface area contributed by atoms with Crippen LogP contribution in [0.5, 0.6) is 0 Å². The summed E-state index contributed by atoms with van der Waals surface area (Å²) in [7, 11) is 0. The number of carbonyl (C=O) groups is 1. The van der Waals surface area contributed by atoms with Crippen LogP contribution < -0.4 is 5.32 Å². The van der Waals surface area contributed by atoms with Gasteiger partial charge in [-0.05, 0) is 42.6 Å². The van der Waals surface area contributed by atoms with Gasteiger partial charge in [-0.2, -0.15) is 5.10 Å². The van der Waals surface area contributed by atoms with E-state index in [2.05, 4.69) is 39.6 Å². The Morgan fingerprint density at radius 2 is 2.04 bits per heavy atom. The lowest BCUT2D eigenvalue weighted by Gasteiger charge is -2.20. The number of hydrogen-bond donors (Lipinski definition) is 1. The Kier molecular flexibility index (Phi) is 5.23. The molecule has 25 heavy (non-hydrogen) atoms. The third kappa shape index (κ3) is 4.69. The first kappa shape index (κ1) is 17.7. The van der Waals surface area contributed by atoms with Crippen LogP contribution in [0.1, 0.15) is 32.8 Å². The third-order valence-corrected chi connectivity index (χ3v) is 4.71. The van der Waals surface area contributed by atoms with Crippen LogP contribution in [0.2, 0.25) is 0 Å². The summed E-state index contributed by atoms with van der Waals surface area (Å²) in [4.78, 5) is 14.5. The number of rotatable bonds is 5. The predicted molar refractivity (Wildman–Crippen MR) is 99.4 cm³/mol. The van der Waals surface area contributed by atoms with E-state index in [1.54, 1.807) is 6.20 Å². The van der Waals surface area contributed by atoms with Crippen LogP contribution >= 0.6 is 0 Å². The van der Waals surface area contributed by atoms with Crippen molar-refractivity contribution in [2.45, 2.75) is 33.7 Å². The van der Waals surface area contributed by atoms with Crippen molar-refractivity contribution < 1.29 is 4.79 Å². The molecule has 0 radical (unpaired) electrons. The topological polar surface area (TPSA) is 50.2 Å². The van der Waals surface area contributed by atoms with Crippen LogP contribution in [0.15, 0.2) is 42.7 Å². The fourth-order valence-electron chi connectivity index (χ4n) is 3.16. The van der Waals surface area contributed by atoms with E-state index in [-0.39, 0.29) is 11.3 Å². The fraction of sp³-hybridized carbons (Fsp3) is 0.500. The van der Waals surface area contributed by atoms with Crippen molar-refractivity contribution in [2.24, 2.45) is 11.3 Å². The Morgan fingerprint density at radius 1 is 1.28 bits per heavy atom. The highest BCUT2D eigenvalue weighted by Crippen LogP contribution is 2.20. The molecule has 1 fully saturated rings. The van der Waals surface area contributed by atoms with Gasteiger partial charge in [-0.1, -0.05) is 32.9 Å². The summed E-state index contributed by atoms with van der Waals surface area (Å²) in [6.45, 7) is 9.75. The first-order chi connectivity index (χ1) is 11.9. The summed E-state index contributed by atoms with van der Waals surface area (Å²) in [5, 5.41) is 7.35. The summed E-state index contributed by atoms with van der Waals surface area (Å²) in [6, 6.07) is 10.5. The highest BCUT2D eigenvalue weighted by molar-refractivity contribution is 5.81. The first-order valence-electron chi connectivity index (χ1n) is 9.01.